The van der Waals surface area contributed by atoms with Gasteiger partial charge in [-0.25, -0.2) is 0 Å². The minimum Gasteiger partial charge on any atom is -0.453 e. The summed E-state index contributed by atoms with van der Waals surface area (Å²) in [5.41, 5.74) is 2.07. The van der Waals surface area contributed by atoms with Crippen LogP contribution in [0.5, 0.6) is 0 Å². The van der Waals surface area contributed by atoms with Crippen LogP contribution in [0.15, 0.2) is 65.1 Å². The van der Waals surface area contributed by atoms with Crippen LogP contribution in [-0.4, -0.2) is 19.8 Å². The highest BCUT2D eigenvalue weighted by molar-refractivity contribution is 7.16. The van der Waals surface area contributed by atoms with Gasteiger partial charge in [-0.05, 0) is 17.7 Å². The van der Waals surface area contributed by atoms with Gasteiger partial charge in [-0.1, -0.05) is 59.9 Å². The van der Waals surface area contributed by atoms with Crippen LogP contribution in [0.1, 0.15) is 10.6 Å². The lowest BCUT2D eigenvalue weighted by atomic mass is 10.2. The third-order valence-electron chi connectivity index (χ3n) is 3.88. The molecule has 3 aromatic heterocycles. The summed E-state index contributed by atoms with van der Waals surface area (Å²) in [5.74, 6) is 1.32. The van der Waals surface area contributed by atoms with Crippen LogP contribution in [0.3, 0.4) is 0 Å². The summed E-state index contributed by atoms with van der Waals surface area (Å²) < 4.78 is 7.65. The number of benzene rings is 2. The van der Waals surface area contributed by atoms with Gasteiger partial charge in [0, 0.05) is 11.8 Å². The van der Waals surface area contributed by atoms with Crippen molar-refractivity contribution in [2.75, 3.05) is 0 Å². The number of para-hydroxylation sites is 1. The van der Waals surface area contributed by atoms with Crippen molar-refractivity contribution in [1.29, 1.82) is 0 Å². The second-order valence-corrected chi connectivity index (χ2v) is 6.57. The molecular weight excluding hydrogens is 320 g/mol. The van der Waals surface area contributed by atoms with Crippen molar-refractivity contribution >= 4 is 27.3 Å². The Bertz CT molecular complexity index is 1110. The van der Waals surface area contributed by atoms with Gasteiger partial charge in [0.2, 0.25) is 10.8 Å². The van der Waals surface area contributed by atoms with Gasteiger partial charge >= 0.3 is 0 Å². The molecule has 0 aliphatic heterocycles. The molecule has 0 saturated heterocycles. The van der Waals surface area contributed by atoms with Crippen LogP contribution in [0.25, 0.3) is 27.5 Å². The van der Waals surface area contributed by atoms with Gasteiger partial charge in [-0.15, -0.1) is 10.2 Å². The first-order chi connectivity index (χ1) is 11.9. The van der Waals surface area contributed by atoms with Crippen molar-refractivity contribution in [3.05, 3.63) is 71.2 Å². The van der Waals surface area contributed by atoms with Gasteiger partial charge in [0.15, 0.2) is 5.76 Å². The Morgan fingerprint density at radius 1 is 0.958 bits per heavy atom. The van der Waals surface area contributed by atoms with Gasteiger partial charge in [0.05, 0.1) is 0 Å². The molecule has 24 heavy (non-hydrogen) atoms. The van der Waals surface area contributed by atoms with Crippen molar-refractivity contribution in [2.24, 2.45) is 0 Å². The van der Waals surface area contributed by atoms with E-state index in [2.05, 4.69) is 27.4 Å². The van der Waals surface area contributed by atoms with E-state index in [0.29, 0.717) is 11.6 Å². The number of rotatable bonds is 3. The number of fused-ring (bicyclic) bond motifs is 2. The van der Waals surface area contributed by atoms with E-state index in [1.807, 2.05) is 48.5 Å². The third-order valence-corrected chi connectivity index (χ3v) is 4.78. The zero-order valence-electron chi connectivity index (χ0n) is 12.6. The minimum absolute atomic E-state index is 0.636. The van der Waals surface area contributed by atoms with Crippen LogP contribution in [0, 0.1) is 0 Å². The highest BCUT2D eigenvalue weighted by atomic mass is 32.1. The number of aromatic nitrogens is 4. The van der Waals surface area contributed by atoms with E-state index in [-0.39, 0.29) is 0 Å². The molecule has 116 valence electrons. The highest BCUT2D eigenvalue weighted by Crippen LogP contribution is 2.28. The SMILES string of the molecule is c1ccc(Cc2nn3c(-c4cc5ccccc5o4)nnc3s2)cc1. The molecule has 0 amide bonds. The van der Waals surface area contributed by atoms with Crippen LogP contribution in [0.4, 0.5) is 0 Å². The Hall–Kier alpha value is -2.99. The van der Waals surface area contributed by atoms with E-state index in [9.17, 15) is 0 Å². The minimum atomic E-state index is 0.636. The van der Waals surface area contributed by atoms with E-state index in [1.54, 1.807) is 15.9 Å². The Morgan fingerprint density at radius 2 is 1.79 bits per heavy atom. The first-order valence-corrected chi connectivity index (χ1v) is 8.42. The lowest BCUT2D eigenvalue weighted by Gasteiger charge is -1.95. The lowest BCUT2D eigenvalue weighted by molar-refractivity contribution is 0.621. The fraction of sp³-hybridized carbons (Fsp3) is 0.0556. The lowest BCUT2D eigenvalue weighted by Crippen LogP contribution is -1.92. The van der Waals surface area contributed by atoms with E-state index in [1.165, 1.54) is 5.56 Å². The number of hydrogen-bond donors (Lipinski definition) is 0. The zero-order valence-corrected chi connectivity index (χ0v) is 13.4. The molecule has 5 aromatic rings. The summed E-state index contributed by atoms with van der Waals surface area (Å²) in [5, 5.41) is 15.2. The zero-order chi connectivity index (χ0) is 15.9. The maximum Gasteiger partial charge on any atom is 0.235 e. The maximum atomic E-state index is 5.89. The quantitative estimate of drug-likeness (QED) is 0.497. The molecule has 0 spiro atoms. The molecule has 0 aliphatic carbocycles. The monoisotopic (exact) mass is 332 g/mol. The summed E-state index contributed by atoms with van der Waals surface area (Å²) in [6.45, 7) is 0. The maximum absolute atomic E-state index is 5.89. The number of nitrogens with zero attached hydrogens (tertiary/aromatic N) is 4. The fourth-order valence-corrected chi connectivity index (χ4v) is 3.61. The molecule has 0 N–H and O–H groups in total. The molecule has 0 unspecified atom stereocenters. The average molecular weight is 332 g/mol. The van der Waals surface area contributed by atoms with E-state index >= 15 is 0 Å². The van der Waals surface area contributed by atoms with Gasteiger partial charge in [-0.3, -0.25) is 0 Å². The first-order valence-electron chi connectivity index (χ1n) is 7.61. The van der Waals surface area contributed by atoms with Crippen molar-refractivity contribution in [3.8, 4) is 11.6 Å². The second kappa shape index (κ2) is 5.28. The van der Waals surface area contributed by atoms with Gasteiger partial charge in [0.1, 0.15) is 10.6 Å². The molecule has 0 fully saturated rings. The Kier molecular flexibility index (Phi) is 2.96. The molecule has 0 aliphatic rings. The summed E-state index contributed by atoms with van der Waals surface area (Å²) in [4.78, 5) is 0.774. The second-order valence-electron chi connectivity index (χ2n) is 5.52. The number of hydrogen-bond acceptors (Lipinski definition) is 5. The molecule has 5 nitrogen and oxygen atoms in total. The van der Waals surface area contributed by atoms with Crippen molar-refractivity contribution in [1.82, 2.24) is 19.8 Å². The Balaban J connectivity index is 1.57. The largest absolute Gasteiger partial charge is 0.453 e. The molecule has 3 heterocycles. The Morgan fingerprint density at radius 3 is 2.67 bits per heavy atom. The number of furan rings is 1. The molecule has 2 aromatic carbocycles. The van der Waals surface area contributed by atoms with E-state index in [0.717, 1.165) is 27.4 Å². The predicted octanol–water partition coefficient (Wildman–Crippen LogP) is 4.19. The first kappa shape index (κ1) is 13.4. The van der Waals surface area contributed by atoms with Gasteiger partial charge in [0.25, 0.3) is 0 Å². The summed E-state index contributed by atoms with van der Waals surface area (Å²) in [6, 6.07) is 20.2. The topological polar surface area (TPSA) is 56.2 Å². The van der Waals surface area contributed by atoms with Crippen molar-refractivity contribution < 1.29 is 4.42 Å². The summed E-state index contributed by atoms with van der Waals surface area (Å²) in [7, 11) is 0. The van der Waals surface area contributed by atoms with Crippen LogP contribution >= 0.6 is 11.3 Å². The molecule has 6 heteroatoms. The highest BCUT2D eigenvalue weighted by Gasteiger charge is 2.17. The average Bonchev–Trinajstić information content (AvgIpc) is 3.28. The van der Waals surface area contributed by atoms with Crippen LogP contribution in [-0.2, 0) is 6.42 Å². The molecule has 0 saturated carbocycles. The predicted molar refractivity (Wildman–Crippen MR) is 93.1 cm³/mol. The molecule has 0 bridgehead atoms. The van der Waals surface area contributed by atoms with Crippen LogP contribution < -0.4 is 0 Å². The molecule has 0 atom stereocenters. The van der Waals surface area contributed by atoms with E-state index < -0.39 is 0 Å². The third kappa shape index (κ3) is 2.19. The summed E-state index contributed by atoms with van der Waals surface area (Å²) >= 11 is 1.55. The molecule has 0 radical (unpaired) electrons. The molecule has 5 rings (SSSR count). The van der Waals surface area contributed by atoms with E-state index in [4.69, 9.17) is 4.42 Å². The molecular formula is C18H12N4OS. The van der Waals surface area contributed by atoms with Gasteiger partial charge < -0.3 is 4.42 Å². The van der Waals surface area contributed by atoms with Crippen molar-refractivity contribution in [2.45, 2.75) is 6.42 Å². The summed E-state index contributed by atoms with van der Waals surface area (Å²) in [6.07, 6.45) is 0.786. The van der Waals surface area contributed by atoms with Crippen molar-refractivity contribution in [3.63, 3.8) is 0 Å². The van der Waals surface area contributed by atoms with Gasteiger partial charge in [-0.2, -0.15) is 9.61 Å². The standard InChI is InChI=1S/C18H12N4OS/c1-2-6-12(7-3-1)10-16-21-22-17(19-20-18(22)24-16)15-11-13-8-4-5-9-14(13)23-15/h1-9,11H,10H2. The smallest absolute Gasteiger partial charge is 0.235 e. The normalized spacial score (nSPS) is 11.5. The fourth-order valence-electron chi connectivity index (χ4n) is 2.74. The van der Waals surface area contributed by atoms with Crippen LogP contribution in [0.2, 0.25) is 0 Å². The Labute approximate surface area is 141 Å².